The molecule has 0 amide bonds. The number of nitriles is 1. The van der Waals surface area contributed by atoms with E-state index in [2.05, 4.69) is 32.0 Å². The van der Waals surface area contributed by atoms with Gasteiger partial charge in [-0.1, -0.05) is 68.4 Å². The van der Waals surface area contributed by atoms with Crippen molar-refractivity contribution >= 4 is 0 Å². The molecule has 0 unspecified atom stereocenters. The Kier molecular flexibility index (Phi) is 5.87. The van der Waals surface area contributed by atoms with Crippen LogP contribution in [-0.4, -0.2) is 4.57 Å². The first kappa shape index (κ1) is 21.5. The second kappa shape index (κ2) is 8.76. The minimum absolute atomic E-state index is 0.0544. The van der Waals surface area contributed by atoms with E-state index in [0.29, 0.717) is 23.8 Å². The molecule has 162 valence electrons. The number of aryl methyl sites for hydroxylation is 2. The molecule has 0 aliphatic carbocycles. The first-order chi connectivity index (χ1) is 15.4. The van der Waals surface area contributed by atoms with E-state index < -0.39 is 5.92 Å². The smallest absolute Gasteiger partial charge is 0.258 e. The van der Waals surface area contributed by atoms with E-state index in [4.69, 9.17) is 10.5 Å². The van der Waals surface area contributed by atoms with Gasteiger partial charge in [0.1, 0.15) is 17.4 Å². The molecule has 4 rings (SSSR count). The summed E-state index contributed by atoms with van der Waals surface area (Å²) in [5.41, 5.74) is 10.7. The van der Waals surface area contributed by atoms with Gasteiger partial charge in [-0.05, 0) is 36.0 Å². The normalized spacial score (nSPS) is 15.3. The van der Waals surface area contributed by atoms with Crippen LogP contribution in [0, 0.1) is 18.3 Å². The van der Waals surface area contributed by atoms with E-state index in [1.807, 2.05) is 55.5 Å². The average Bonchev–Trinajstić information content (AvgIpc) is 2.78. The summed E-state index contributed by atoms with van der Waals surface area (Å²) in [6.45, 7) is 6.70. The van der Waals surface area contributed by atoms with E-state index in [-0.39, 0.29) is 17.0 Å². The number of ether oxygens (including phenoxy) is 1. The summed E-state index contributed by atoms with van der Waals surface area (Å²) >= 11 is 0. The third-order valence-electron chi connectivity index (χ3n) is 6.09. The van der Waals surface area contributed by atoms with Crippen molar-refractivity contribution in [1.82, 2.24) is 4.57 Å². The summed E-state index contributed by atoms with van der Waals surface area (Å²) in [6, 6.07) is 22.2. The molecule has 3 aromatic rings. The molecule has 2 aromatic carbocycles. The number of hydrogen-bond donors (Lipinski definition) is 1. The van der Waals surface area contributed by atoms with Crippen molar-refractivity contribution in [1.29, 1.82) is 5.26 Å². The minimum atomic E-state index is -0.555. The molecular formula is C27H27N3O2. The van der Waals surface area contributed by atoms with E-state index in [0.717, 1.165) is 23.2 Å². The minimum Gasteiger partial charge on any atom is -0.440 e. The number of nitrogens with two attached hydrogens (primary N) is 1. The Labute approximate surface area is 188 Å². The van der Waals surface area contributed by atoms with E-state index in [1.165, 1.54) is 5.56 Å². The second-order valence-electron chi connectivity index (χ2n) is 8.50. The molecule has 0 bridgehead atoms. The zero-order chi connectivity index (χ0) is 22.8. The van der Waals surface area contributed by atoms with Gasteiger partial charge < -0.3 is 15.0 Å². The highest BCUT2D eigenvalue weighted by molar-refractivity contribution is 5.55. The van der Waals surface area contributed by atoms with Gasteiger partial charge in [0.2, 0.25) is 5.88 Å². The van der Waals surface area contributed by atoms with E-state index in [9.17, 15) is 10.1 Å². The summed E-state index contributed by atoms with van der Waals surface area (Å²) in [5, 5.41) is 9.85. The van der Waals surface area contributed by atoms with Crippen molar-refractivity contribution in [2.24, 2.45) is 5.73 Å². The van der Waals surface area contributed by atoms with Crippen LogP contribution in [0.3, 0.4) is 0 Å². The maximum atomic E-state index is 13.7. The average molecular weight is 426 g/mol. The predicted molar refractivity (Wildman–Crippen MR) is 125 cm³/mol. The molecule has 0 saturated heterocycles. The van der Waals surface area contributed by atoms with Crippen LogP contribution in [0.4, 0.5) is 0 Å². The number of pyridine rings is 1. The fourth-order valence-electron chi connectivity index (χ4n) is 4.26. The van der Waals surface area contributed by atoms with Crippen molar-refractivity contribution < 1.29 is 4.74 Å². The van der Waals surface area contributed by atoms with Gasteiger partial charge >= 0.3 is 0 Å². The fourth-order valence-corrected chi connectivity index (χ4v) is 4.26. The molecule has 1 aliphatic heterocycles. The summed E-state index contributed by atoms with van der Waals surface area (Å²) < 4.78 is 7.52. The molecule has 1 aliphatic rings. The number of nitrogens with zero attached hydrogens (tertiary/aromatic N) is 2. The predicted octanol–water partition coefficient (Wildman–Crippen LogP) is 4.74. The fraction of sp³-hybridized carbons (Fsp3) is 0.259. The highest BCUT2D eigenvalue weighted by Gasteiger charge is 2.34. The Bertz CT molecular complexity index is 1260. The number of rotatable bonds is 5. The van der Waals surface area contributed by atoms with Gasteiger partial charge in [0.25, 0.3) is 5.56 Å². The van der Waals surface area contributed by atoms with Gasteiger partial charge in [-0.25, -0.2) is 0 Å². The Morgan fingerprint density at radius 2 is 1.81 bits per heavy atom. The van der Waals surface area contributed by atoms with Crippen molar-refractivity contribution in [3.63, 3.8) is 0 Å². The molecule has 1 atom stereocenters. The molecule has 2 heterocycles. The van der Waals surface area contributed by atoms with Crippen LogP contribution in [0.2, 0.25) is 0 Å². The number of benzene rings is 2. The second-order valence-corrected chi connectivity index (χ2v) is 8.50. The summed E-state index contributed by atoms with van der Waals surface area (Å²) in [7, 11) is 0. The lowest BCUT2D eigenvalue weighted by molar-refractivity contribution is 0.388. The SMILES string of the molecule is Cc1cc2c(c(=O)n1CCc1ccccc1)[C@@H](c1ccc(C(C)C)cc1)C(C#N)=C(N)O2. The molecule has 5 nitrogen and oxygen atoms in total. The highest BCUT2D eigenvalue weighted by Crippen LogP contribution is 2.40. The van der Waals surface area contributed by atoms with Crippen molar-refractivity contribution in [2.75, 3.05) is 0 Å². The summed E-state index contributed by atoms with van der Waals surface area (Å²) in [4.78, 5) is 13.7. The maximum Gasteiger partial charge on any atom is 0.258 e. The third kappa shape index (κ3) is 3.92. The Morgan fingerprint density at radius 1 is 1.12 bits per heavy atom. The standard InChI is InChI=1S/C27H27N3O2/c1-17(2)20-9-11-21(12-10-20)24-22(16-28)26(29)32-23-15-18(3)30(27(31)25(23)24)14-13-19-7-5-4-6-8-19/h4-12,15,17,24H,13-14,29H2,1-3H3/t24-/m0/s1. The largest absolute Gasteiger partial charge is 0.440 e. The first-order valence-corrected chi connectivity index (χ1v) is 10.9. The number of fused-ring (bicyclic) bond motifs is 1. The van der Waals surface area contributed by atoms with Gasteiger partial charge in [0.15, 0.2) is 0 Å². The molecule has 0 fully saturated rings. The van der Waals surface area contributed by atoms with Gasteiger partial charge in [-0.15, -0.1) is 0 Å². The Morgan fingerprint density at radius 3 is 2.44 bits per heavy atom. The lowest BCUT2D eigenvalue weighted by Crippen LogP contribution is -2.33. The first-order valence-electron chi connectivity index (χ1n) is 10.9. The lowest BCUT2D eigenvalue weighted by atomic mass is 9.83. The van der Waals surface area contributed by atoms with Gasteiger partial charge in [-0.3, -0.25) is 4.79 Å². The molecule has 0 spiro atoms. The number of allylic oxidation sites excluding steroid dienone is 1. The molecule has 5 heteroatoms. The van der Waals surface area contributed by atoms with Crippen LogP contribution in [-0.2, 0) is 13.0 Å². The van der Waals surface area contributed by atoms with E-state index >= 15 is 0 Å². The maximum absolute atomic E-state index is 13.7. The van der Waals surface area contributed by atoms with Gasteiger partial charge in [-0.2, -0.15) is 5.26 Å². The quantitative estimate of drug-likeness (QED) is 0.640. The zero-order valence-corrected chi connectivity index (χ0v) is 18.6. The van der Waals surface area contributed by atoms with Gasteiger partial charge in [0.05, 0.1) is 11.5 Å². The molecular weight excluding hydrogens is 398 g/mol. The molecule has 2 N–H and O–H groups in total. The van der Waals surface area contributed by atoms with Crippen LogP contribution >= 0.6 is 0 Å². The van der Waals surface area contributed by atoms with Gasteiger partial charge in [0, 0.05) is 18.3 Å². The van der Waals surface area contributed by atoms with Crippen LogP contribution in [0.5, 0.6) is 5.75 Å². The van der Waals surface area contributed by atoms with E-state index in [1.54, 1.807) is 4.57 Å². The highest BCUT2D eigenvalue weighted by atomic mass is 16.5. The Hall–Kier alpha value is -3.78. The molecule has 1 aromatic heterocycles. The van der Waals surface area contributed by atoms with Crippen LogP contribution in [0.15, 0.2) is 76.9 Å². The summed E-state index contributed by atoms with van der Waals surface area (Å²) in [6.07, 6.45) is 0.734. The van der Waals surface area contributed by atoms with Crippen molar-refractivity contribution in [2.45, 2.75) is 45.6 Å². The number of hydrogen-bond acceptors (Lipinski definition) is 4. The number of aromatic nitrogens is 1. The molecule has 32 heavy (non-hydrogen) atoms. The lowest BCUT2D eigenvalue weighted by Gasteiger charge is -2.27. The van der Waals surface area contributed by atoms with Crippen LogP contribution in [0.25, 0.3) is 0 Å². The van der Waals surface area contributed by atoms with Crippen molar-refractivity contribution in [3.05, 3.63) is 110 Å². The topological polar surface area (TPSA) is 81.0 Å². The summed E-state index contributed by atoms with van der Waals surface area (Å²) in [5.74, 6) is 0.317. The zero-order valence-electron chi connectivity index (χ0n) is 18.6. The monoisotopic (exact) mass is 425 g/mol. The van der Waals surface area contributed by atoms with Crippen LogP contribution < -0.4 is 16.0 Å². The van der Waals surface area contributed by atoms with Crippen LogP contribution in [0.1, 0.15) is 53.6 Å². The Balaban J connectivity index is 1.81. The molecule has 0 saturated carbocycles. The van der Waals surface area contributed by atoms with Crippen molar-refractivity contribution in [3.8, 4) is 11.8 Å². The third-order valence-corrected chi connectivity index (χ3v) is 6.09. The molecule has 0 radical (unpaired) electrons.